The van der Waals surface area contributed by atoms with Crippen molar-refractivity contribution in [2.45, 2.75) is 0 Å². The van der Waals surface area contributed by atoms with Gasteiger partial charge in [-0.1, -0.05) is 60.1 Å². The minimum Gasteiger partial charge on any atom is -0.452 e. The lowest BCUT2D eigenvalue weighted by Gasteiger charge is -2.11. The van der Waals surface area contributed by atoms with E-state index in [1.807, 2.05) is 48.5 Å². The van der Waals surface area contributed by atoms with Crippen molar-refractivity contribution in [1.82, 2.24) is 0 Å². The van der Waals surface area contributed by atoms with E-state index in [9.17, 15) is 9.59 Å². The maximum absolute atomic E-state index is 12.2. The number of hydrogen-bond acceptors (Lipinski definition) is 4. The Hall–Kier alpha value is -3.31. The van der Waals surface area contributed by atoms with Gasteiger partial charge in [-0.05, 0) is 29.8 Å². The van der Waals surface area contributed by atoms with Crippen LogP contribution in [0.3, 0.4) is 0 Å². The van der Waals surface area contributed by atoms with Gasteiger partial charge in [0.1, 0.15) is 0 Å². The van der Waals surface area contributed by atoms with Crippen molar-refractivity contribution in [2.24, 2.45) is 0 Å². The number of nitrogens with one attached hydrogen (secondary N) is 1. The number of esters is 1. The monoisotopic (exact) mass is 380 g/mol. The van der Waals surface area contributed by atoms with Crippen LogP contribution in [0.1, 0.15) is 10.4 Å². The van der Waals surface area contributed by atoms with Gasteiger partial charge in [0, 0.05) is 11.3 Å². The van der Waals surface area contributed by atoms with E-state index < -0.39 is 18.5 Å². The molecule has 0 aliphatic heterocycles. The molecule has 3 aromatic carbocycles. The summed E-state index contributed by atoms with van der Waals surface area (Å²) in [6.45, 7) is -0.412. The summed E-state index contributed by atoms with van der Waals surface area (Å²) in [6.07, 6.45) is 0. The summed E-state index contributed by atoms with van der Waals surface area (Å²) in [5.74, 6) is -1.08. The van der Waals surface area contributed by atoms with Gasteiger partial charge in [-0.3, -0.25) is 4.79 Å². The minimum absolute atomic E-state index is 0.231. The third-order valence-corrected chi connectivity index (χ3v) is 4.20. The van der Waals surface area contributed by atoms with Crippen molar-refractivity contribution in [3.63, 3.8) is 0 Å². The van der Waals surface area contributed by atoms with Gasteiger partial charge in [0.15, 0.2) is 6.61 Å². The largest absolute Gasteiger partial charge is 0.452 e. The second-order valence-corrected chi connectivity index (χ2v) is 6.18. The number of halogens is 1. The van der Waals surface area contributed by atoms with Crippen LogP contribution in [-0.2, 0) is 9.53 Å². The zero-order valence-electron chi connectivity index (χ0n) is 14.3. The summed E-state index contributed by atoms with van der Waals surface area (Å²) < 4.78 is 5.05. The fourth-order valence-corrected chi connectivity index (χ4v) is 2.65. The summed E-state index contributed by atoms with van der Waals surface area (Å²) >= 11 is 5.83. The molecule has 0 saturated carbocycles. The average molecular weight is 381 g/mol. The minimum atomic E-state index is -0.648. The van der Waals surface area contributed by atoms with Crippen LogP contribution in [0.15, 0.2) is 72.8 Å². The first-order valence-corrected chi connectivity index (χ1v) is 8.59. The number of rotatable bonds is 5. The number of benzene rings is 3. The van der Waals surface area contributed by atoms with Crippen molar-refractivity contribution in [2.75, 3.05) is 17.7 Å². The molecule has 0 aliphatic carbocycles. The summed E-state index contributed by atoms with van der Waals surface area (Å²) in [6, 6.07) is 21.5. The Labute approximate surface area is 161 Å². The number of para-hydroxylation sites is 1. The number of nitrogen functional groups attached to an aromatic ring is 1. The second kappa shape index (κ2) is 8.38. The van der Waals surface area contributed by atoms with Crippen molar-refractivity contribution >= 4 is 34.9 Å². The van der Waals surface area contributed by atoms with Crippen molar-refractivity contribution in [3.05, 3.63) is 83.4 Å². The predicted octanol–water partition coefficient (Wildman–Crippen LogP) is 4.38. The molecule has 0 radical (unpaired) electrons. The Morgan fingerprint density at radius 1 is 0.963 bits per heavy atom. The Morgan fingerprint density at radius 2 is 1.67 bits per heavy atom. The average Bonchev–Trinajstić information content (AvgIpc) is 2.69. The maximum Gasteiger partial charge on any atom is 0.338 e. The molecule has 0 aliphatic rings. The molecule has 0 heterocycles. The topological polar surface area (TPSA) is 81.4 Å². The molecule has 27 heavy (non-hydrogen) atoms. The van der Waals surface area contributed by atoms with Gasteiger partial charge in [-0.2, -0.15) is 0 Å². The van der Waals surface area contributed by atoms with E-state index in [1.54, 1.807) is 6.07 Å². The third-order valence-electron chi connectivity index (χ3n) is 3.85. The van der Waals surface area contributed by atoms with Crippen LogP contribution in [0.4, 0.5) is 11.4 Å². The van der Waals surface area contributed by atoms with Crippen LogP contribution in [0, 0.1) is 0 Å². The van der Waals surface area contributed by atoms with Gasteiger partial charge < -0.3 is 15.8 Å². The Kier molecular flexibility index (Phi) is 5.74. The second-order valence-electron chi connectivity index (χ2n) is 5.77. The van der Waals surface area contributed by atoms with E-state index in [0.717, 1.165) is 11.1 Å². The molecule has 0 atom stereocenters. The molecule has 136 valence electrons. The lowest BCUT2D eigenvalue weighted by molar-refractivity contribution is -0.119. The highest BCUT2D eigenvalue weighted by Gasteiger charge is 2.13. The number of nitrogens with two attached hydrogens (primary N) is 1. The predicted molar refractivity (Wildman–Crippen MR) is 107 cm³/mol. The number of carbonyl (C=O) groups excluding carboxylic acids is 2. The van der Waals surface area contributed by atoms with Crippen molar-refractivity contribution < 1.29 is 14.3 Å². The lowest BCUT2D eigenvalue weighted by Crippen LogP contribution is -2.21. The van der Waals surface area contributed by atoms with E-state index in [1.165, 1.54) is 18.2 Å². The van der Waals surface area contributed by atoms with Gasteiger partial charge in [0.25, 0.3) is 5.91 Å². The summed E-state index contributed by atoms with van der Waals surface area (Å²) in [7, 11) is 0. The van der Waals surface area contributed by atoms with Crippen LogP contribution in [0.2, 0.25) is 5.02 Å². The SMILES string of the molecule is Nc1cc(C(=O)OCC(=O)Nc2ccccc2-c2ccccc2)ccc1Cl. The quantitative estimate of drug-likeness (QED) is 0.508. The van der Waals surface area contributed by atoms with E-state index in [0.29, 0.717) is 10.7 Å². The number of carbonyl (C=O) groups is 2. The van der Waals surface area contributed by atoms with Gasteiger partial charge in [-0.15, -0.1) is 0 Å². The Balaban J connectivity index is 1.65. The molecule has 3 aromatic rings. The Bertz CT molecular complexity index is 974. The van der Waals surface area contributed by atoms with Gasteiger partial charge in [0.05, 0.1) is 16.3 Å². The molecule has 3 N–H and O–H groups in total. The molecule has 0 aromatic heterocycles. The molecular formula is C21H17ClN2O3. The van der Waals surface area contributed by atoms with Crippen molar-refractivity contribution in [3.8, 4) is 11.1 Å². The van der Waals surface area contributed by atoms with E-state index in [2.05, 4.69) is 5.32 Å². The van der Waals surface area contributed by atoms with E-state index in [-0.39, 0.29) is 11.3 Å². The molecule has 3 rings (SSSR count). The van der Waals surface area contributed by atoms with Gasteiger partial charge in [0.2, 0.25) is 0 Å². The highest BCUT2D eigenvalue weighted by atomic mass is 35.5. The molecule has 0 unspecified atom stereocenters. The molecule has 1 amide bonds. The molecule has 0 fully saturated rings. The summed E-state index contributed by atoms with van der Waals surface area (Å²) in [5, 5.41) is 3.12. The highest BCUT2D eigenvalue weighted by molar-refractivity contribution is 6.33. The molecule has 0 bridgehead atoms. The summed E-state index contributed by atoms with van der Waals surface area (Å²) in [4.78, 5) is 24.3. The first kappa shape index (κ1) is 18.5. The summed E-state index contributed by atoms with van der Waals surface area (Å²) in [5.41, 5.74) is 8.66. The van der Waals surface area contributed by atoms with Crippen LogP contribution in [0.25, 0.3) is 11.1 Å². The van der Waals surface area contributed by atoms with Gasteiger partial charge >= 0.3 is 5.97 Å². The fourth-order valence-electron chi connectivity index (χ4n) is 2.53. The lowest BCUT2D eigenvalue weighted by atomic mass is 10.0. The molecule has 5 nitrogen and oxygen atoms in total. The van der Waals surface area contributed by atoms with Crippen LogP contribution < -0.4 is 11.1 Å². The maximum atomic E-state index is 12.2. The first-order chi connectivity index (χ1) is 13.0. The molecule has 6 heteroatoms. The smallest absolute Gasteiger partial charge is 0.338 e. The van der Waals surface area contributed by atoms with Crippen LogP contribution in [0.5, 0.6) is 0 Å². The number of ether oxygens (including phenoxy) is 1. The normalized spacial score (nSPS) is 10.3. The first-order valence-electron chi connectivity index (χ1n) is 8.21. The van der Waals surface area contributed by atoms with E-state index in [4.69, 9.17) is 22.1 Å². The van der Waals surface area contributed by atoms with E-state index >= 15 is 0 Å². The molecule has 0 saturated heterocycles. The van der Waals surface area contributed by atoms with Crippen LogP contribution >= 0.6 is 11.6 Å². The third kappa shape index (κ3) is 4.65. The molecule has 0 spiro atoms. The zero-order chi connectivity index (χ0) is 19.2. The fraction of sp³-hybridized carbons (Fsp3) is 0.0476. The van der Waals surface area contributed by atoms with Crippen LogP contribution in [-0.4, -0.2) is 18.5 Å². The number of anilines is 2. The standard InChI is InChI=1S/C21H17ClN2O3/c22-17-11-10-15(12-18(17)23)21(26)27-13-20(25)24-19-9-5-4-8-16(19)14-6-2-1-3-7-14/h1-12H,13,23H2,(H,24,25). The Morgan fingerprint density at radius 3 is 2.41 bits per heavy atom. The molecular weight excluding hydrogens is 364 g/mol. The van der Waals surface area contributed by atoms with Gasteiger partial charge in [-0.25, -0.2) is 4.79 Å². The van der Waals surface area contributed by atoms with Crippen molar-refractivity contribution in [1.29, 1.82) is 0 Å². The zero-order valence-corrected chi connectivity index (χ0v) is 15.1. The number of amides is 1. The highest BCUT2D eigenvalue weighted by Crippen LogP contribution is 2.27. The number of hydrogen-bond donors (Lipinski definition) is 2.